The van der Waals surface area contributed by atoms with Crippen molar-refractivity contribution in [2.75, 3.05) is 5.73 Å². The number of rotatable bonds is 4. The Labute approximate surface area is 129 Å². The van der Waals surface area contributed by atoms with Crippen LogP contribution < -0.4 is 5.73 Å². The van der Waals surface area contributed by atoms with Crippen LogP contribution in [-0.4, -0.2) is 18.2 Å². The monoisotopic (exact) mass is 327 g/mol. The van der Waals surface area contributed by atoms with Crippen LogP contribution in [0.4, 0.5) is 5.69 Å². The predicted molar refractivity (Wildman–Crippen MR) is 84.1 cm³/mol. The highest BCUT2D eigenvalue weighted by Gasteiger charge is 2.23. The van der Waals surface area contributed by atoms with E-state index in [1.54, 1.807) is 26.1 Å². The third-order valence-corrected chi connectivity index (χ3v) is 5.58. The van der Waals surface area contributed by atoms with Crippen LogP contribution in [0.2, 0.25) is 5.02 Å². The van der Waals surface area contributed by atoms with Crippen LogP contribution in [0.15, 0.2) is 23.1 Å². The molecule has 1 aromatic carbocycles. The van der Waals surface area contributed by atoms with E-state index < -0.39 is 9.84 Å². The maximum Gasteiger partial charge on any atom is 0.184 e. The molecular weight excluding hydrogens is 310 g/mol. The molecule has 0 spiro atoms. The lowest BCUT2D eigenvalue weighted by Gasteiger charge is -2.09. The van der Waals surface area contributed by atoms with E-state index in [9.17, 15) is 8.42 Å². The van der Waals surface area contributed by atoms with Crippen LogP contribution in [0.3, 0.4) is 0 Å². The molecule has 0 aliphatic carbocycles. The van der Waals surface area contributed by atoms with Gasteiger partial charge in [-0.1, -0.05) is 18.5 Å². The second-order valence-corrected chi connectivity index (χ2v) is 7.30. The van der Waals surface area contributed by atoms with Crippen molar-refractivity contribution in [3.05, 3.63) is 40.2 Å². The van der Waals surface area contributed by atoms with Crippen molar-refractivity contribution in [3.8, 4) is 0 Å². The molecule has 21 heavy (non-hydrogen) atoms. The van der Waals surface area contributed by atoms with E-state index in [0.29, 0.717) is 34.1 Å². The molecule has 0 saturated carbocycles. The molecule has 2 N–H and O–H groups in total. The maximum atomic E-state index is 12.6. The largest absolute Gasteiger partial charge is 0.399 e. The summed E-state index contributed by atoms with van der Waals surface area (Å²) in [6, 6.07) is 4.77. The average Bonchev–Trinajstić information content (AvgIpc) is 2.65. The molecule has 0 bridgehead atoms. The Bertz CT molecular complexity index is 782. The van der Waals surface area contributed by atoms with Crippen LogP contribution in [0.5, 0.6) is 0 Å². The van der Waals surface area contributed by atoms with E-state index in [4.69, 9.17) is 17.3 Å². The van der Waals surface area contributed by atoms with Gasteiger partial charge in [-0.15, -0.1) is 0 Å². The van der Waals surface area contributed by atoms with Gasteiger partial charge < -0.3 is 5.73 Å². The molecule has 0 unspecified atom stereocenters. The molecule has 1 aromatic heterocycles. The van der Waals surface area contributed by atoms with Crippen molar-refractivity contribution >= 4 is 27.1 Å². The maximum absolute atomic E-state index is 12.6. The highest BCUT2D eigenvalue weighted by Crippen LogP contribution is 2.27. The summed E-state index contributed by atoms with van der Waals surface area (Å²) >= 11 is 6.22. The molecule has 2 rings (SSSR count). The van der Waals surface area contributed by atoms with Crippen molar-refractivity contribution in [2.45, 2.75) is 30.9 Å². The molecule has 2 aromatic rings. The summed E-state index contributed by atoms with van der Waals surface area (Å²) in [4.78, 5) is 0.270. The zero-order valence-electron chi connectivity index (χ0n) is 12.2. The van der Waals surface area contributed by atoms with Gasteiger partial charge in [0, 0.05) is 12.7 Å². The average molecular weight is 328 g/mol. The number of hydrogen-bond acceptors (Lipinski definition) is 4. The molecule has 0 atom stereocenters. The van der Waals surface area contributed by atoms with E-state index in [-0.39, 0.29) is 10.6 Å². The summed E-state index contributed by atoms with van der Waals surface area (Å²) in [6.07, 6.45) is 0.660. The Hall–Kier alpha value is -1.53. The summed E-state index contributed by atoms with van der Waals surface area (Å²) in [5, 5.41) is 4.67. The van der Waals surface area contributed by atoms with Gasteiger partial charge in [-0.25, -0.2) is 8.42 Å². The van der Waals surface area contributed by atoms with Gasteiger partial charge in [0.2, 0.25) is 0 Å². The summed E-state index contributed by atoms with van der Waals surface area (Å²) in [5.41, 5.74) is 8.04. The second-order valence-electron chi connectivity index (χ2n) is 4.97. The van der Waals surface area contributed by atoms with Crippen LogP contribution in [0, 0.1) is 6.92 Å². The Morgan fingerprint density at radius 1 is 1.38 bits per heavy atom. The zero-order valence-corrected chi connectivity index (χ0v) is 13.8. The quantitative estimate of drug-likeness (QED) is 0.875. The Morgan fingerprint density at radius 3 is 2.57 bits per heavy atom. The zero-order chi connectivity index (χ0) is 15.8. The van der Waals surface area contributed by atoms with Crippen LogP contribution >= 0.6 is 11.6 Å². The molecular formula is C14H18ClN3O2S. The number of aromatic nitrogens is 2. The number of anilines is 1. The molecule has 0 amide bonds. The Balaban J connectivity index is 2.45. The number of halogens is 1. The van der Waals surface area contributed by atoms with Gasteiger partial charge in [0.15, 0.2) is 9.84 Å². The molecule has 0 radical (unpaired) electrons. The van der Waals surface area contributed by atoms with Crippen LogP contribution in [0.1, 0.15) is 23.9 Å². The summed E-state index contributed by atoms with van der Waals surface area (Å²) in [6.45, 7) is 3.65. The molecule has 0 saturated heterocycles. The van der Waals surface area contributed by atoms with Gasteiger partial charge in [-0.05, 0) is 37.1 Å². The van der Waals surface area contributed by atoms with E-state index in [1.807, 2.05) is 6.92 Å². The number of benzene rings is 1. The van der Waals surface area contributed by atoms with Gasteiger partial charge in [0.25, 0.3) is 0 Å². The number of nitrogens with two attached hydrogens (primary N) is 1. The number of nitrogens with zero attached hydrogens (tertiary/aromatic N) is 2. The third kappa shape index (κ3) is 3.06. The first-order valence-electron chi connectivity index (χ1n) is 6.55. The van der Waals surface area contributed by atoms with Gasteiger partial charge in [0.05, 0.1) is 27.1 Å². The second kappa shape index (κ2) is 5.69. The van der Waals surface area contributed by atoms with Gasteiger partial charge in [0.1, 0.15) is 0 Å². The lowest BCUT2D eigenvalue weighted by Crippen LogP contribution is -2.10. The van der Waals surface area contributed by atoms with Gasteiger partial charge >= 0.3 is 0 Å². The van der Waals surface area contributed by atoms with Crippen molar-refractivity contribution in [3.63, 3.8) is 0 Å². The minimum atomic E-state index is -3.50. The molecule has 0 aliphatic rings. The highest BCUT2D eigenvalue weighted by atomic mass is 35.5. The lowest BCUT2D eigenvalue weighted by molar-refractivity contribution is 0.591. The van der Waals surface area contributed by atoms with Crippen molar-refractivity contribution in [2.24, 2.45) is 7.05 Å². The van der Waals surface area contributed by atoms with Gasteiger partial charge in [-0.3, -0.25) is 4.68 Å². The number of hydrogen-bond donors (Lipinski definition) is 1. The number of nitrogen functional groups attached to an aromatic ring is 1. The SMILES string of the molecule is CCc1nn(C)c(CS(=O)(=O)c2ccc(N)cc2C)c1Cl. The normalized spacial score (nSPS) is 11.8. The summed E-state index contributed by atoms with van der Waals surface area (Å²) < 4.78 is 26.7. The fourth-order valence-electron chi connectivity index (χ4n) is 2.26. The molecule has 114 valence electrons. The molecule has 5 nitrogen and oxygen atoms in total. The van der Waals surface area contributed by atoms with Crippen LogP contribution in [-0.2, 0) is 29.1 Å². The first kappa shape index (κ1) is 15.9. The lowest BCUT2D eigenvalue weighted by atomic mass is 10.2. The minimum Gasteiger partial charge on any atom is -0.399 e. The first-order chi connectivity index (χ1) is 9.76. The van der Waals surface area contributed by atoms with E-state index in [0.717, 1.165) is 0 Å². The Morgan fingerprint density at radius 2 is 2.05 bits per heavy atom. The van der Waals surface area contributed by atoms with Crippen molar-refractivity contribution < 1.29 is 8.42 Å². The van der Waals surface area contributed by atoms with E-state index in [1.165, 1.54) is 10.7 Å². The van der Waals surface area contributed by atoms with Crippen LogP contribution in [0.25, 0.3) is 0 Å². The Kier molecular flexibility index (Phi) is 4.30. The minimum absolute atomic E-state index is 0.180. The topological polar surface area (TPSA) is 78.0 Å². The fraction of sp³-hybridized carbons (Fsp3) is 0.357. The van der Waals surface area contributed by atoms with Crippen molar-refractivity contribution in [1.82, 2.24) is 9.78 Å². The highest BCUT2D eigenvalue weighted by molar-refractivity contribution is 7.90. The number of aryl methyl sites for hydroxylation is 3. The third-order valence-electron chi connectivity index (χ3n) is 3.36. The predicted octanol–water partition coefficient (Wildman–Crippen LogP) is 2.50. The summed E-state index contributed by atoms with van der Waals surface area (Å²) in [5.74, 6) is -0.180. The molecule has 0 fully saturated rings. The first-order valence-corrected chi connectivity index (χ1v) is 8.58. The summed E-state index contributed by atoms with van der Waals surface area (Å²) in [7, 11) is -1.80. The standard InChI is InChI=1S/C14H18ClN3O2S/c1-4-11-14(15)12(18(3)17-11)8-21(19,20)13-6-5-10(16)7-9(13)2/h5-7H,4,8,16H2,1-3H3. The molecule has 1 heterocycles. The number of sulfone groups is 1. The molecule has 0 aliphatic heterocycles. The molecule has 7 heteroatoms. The smallest absolute Gasteiger partial charge is 0.184 e. The fourth-order valence-corrected chi connectivity index (χ4v) is 4.37. The van der Waals surface area contributed by atoms with E-state index in [2.05, 4.69) is 5.10 Å². The van der Waals surface area contributed by atoms with Crippen molar-refractivity contribution in [1.29, 1.82) is 0 Å². The van der Waals surface area contributed by atoms with Gasteiger partial charge in [-0.2, -0.15) is 5.10 Å². The van der Waals surface area contributed by atoms with E-state index >= 15 is 0 Å².